The molecule has 5 nitrogen and oxygen atoms in total. The highest BCUT2D eigenvalue weighted by atomic mass is 79.9. The van der Waals surface area contributed by atoms with E-state index in [1.54, 1.807) is 0 Å². The number of hydrogen-bond acceptors (Lipinski definition) is 4. The predicted octanol–water partition coefficient (Wildman–Crippen LogP) is -0.0333. The molecule has 1 unspecified atom stereocenters. The first-order valence-electron chi connectivity index (χ1n) is 3.08. The SMILES string of the molecule is CCOC(=O)C(=O)C(Br)C(=O)O. The first-order valence-corrected chi connectivity index (χ1v) is 4.00. The molecule has 0 radical (unpaired) electrons. The number of carbonyl (C=O) groups is 3. The lowest BCUT2D eigenvalue weighted by Gasteiger charge is -2.01. The molecular formula is C6H7BrO5. The summed E-state index contributed by atoms with van der Waals surface area (Å²) in [6.07, 6.45) is 0. The number of carbonyl (C=O) groups excluding carboxylic acids is 2. The van der Waals surface area contributed by atoms with Crippen LogP contribution in [0.2, 0.25) is 0 Å². The van der Waals surface area contributed by atoms with E-state index in [4.69, 9.17) is 5.11 Å². The Kier molecular flexibility index (Phi) is 4.50. The molecule has 0 aromatic heterocycles. The summed E-state index contributed by atoms with van der Waals surface area (Å²) in [6.45, 7) is 1.57. The first kappa shape index (κ1) is 11.1. The number of aliphatic carboxylic acids is 1. The van der Waals surface area contributed by atoms with E-state index in [1.807, 2.05) is 0 Å². The van der Waals surface area contributed by atoms with Crippen molar-refractivity contribution in [2.75, 3.05) is 6.61 Å². The van der Waals surface area contributed by atoms with Crippen molar-refractivity contribution in [3.63, 3.8) is 0 Å². The van der Waals surface area contributed by atoms with Crippen LogP contribution in [-0.4, -0.2) is 34.3 Å². The Bertz CT molecular complexity index is 212. The van der Waals surface area contributed by atoms with Gasteiger partial charge in [-0.1, -0.05) is 15.9 Å². The maximum atomic E-state index is 10.8. The zero-order valence-electron chi connectivity index (χ0n) is 6.24. The van der Waals surface area contributed by atoms with Crippen LogP contribution in [0, 0.1) is 0 Å². The summed E-state index contributed by atoms with van der Waals surface area (Å²) in [6, 6.07) is 0. The Morgan fingerprint density at radius 3 is 2.33 bits per heavy atom. The van der Waals surface area contributed by atoms with Gasteiger partial charge in [0.25, 0.3) is 5.78 Å². The summed E-state index contributed by atoms with van der Waals surface area (Å²) in [5, 5.41) is 8.29. The van der Waals surface area contributed by atoms with E-state index < -0.39 is 22.5 Å². The number of halogens is 1. The molecule has 0 aliphatic heterocycles. The minimum atomic E-state index is -1.52. The Labute approximate surface area is 76.8 Å². The van der Waals surface area contributed by atoms with E-state index >= 15 is 0 Å². The summed E-state index contributed by atoms with van der Waals surface area (Å²) >= 11 is 2.53. The Morgan fingerprint density at radius 1 is 1.50 bits per heavy atom. The molecular weight excluding hydrogens is 232 g/mol. The largest absolute Gasteiger partial charge is 0.480 e. The van der Waals surface area contributed by atoms with Crippen molar-refractivity contribution in [2.45, 2.75) is 11.8 Å². The van der Waals surface area contributed by atoms with Gasteiger partial charge in [0.1, 0.15) is 0 Å². The average molecular weight is 239 g/mol. The van der Waals surface area contributed by atoms with Gasteiger partial charge in [-0.05, 0) is 6.92 Å². The highest BCUT2D eigenvalue weighted by Crippen LogP contribution is 2.02. The molecule has 1 atom stereocenters. The molecule has 0 fully saturated rings. The molecule has 6 heteroatoms. The van der Waals surface area contributed by atoms with Crippen LogP contribution >= 0.6 is 15.9 Å². The molecule has 0 amide bonds. The monoisotopic (exact) mass is 238 g/mol. The summed E-state index contributed by atoms with van der Waals surface area (Å²) < 4.78 is 4.29. The third-order valence-corrected chi connectivity index (χ3v) is 1.73. The molecule has 68 valence electrons. The Balaban J connectivity index is 4.19. The number of carboxylic acids is 1. The number of ketones is 1. The van der Waals surface area contributed by atoms with Crippen LogP contribution in [-0.2, 0) is 19.1 Å². The molecule has 1 N–H and O–H groups in total. The molecule has 0 rings (SSSR count). The topological polar surface area (TPSA) is 80.7 Å². The molecule has 12 heavy (non-hydrogen) atoms. The van der Waals surface area contributed by atoms with Gasteiger partial charge >= 0.3 is 11.9 Å². The zero-order valence-corrected chi connectivity index (χ0v) is 7.83. The van der Waals surface area contributed by atoms with E-state index in [2.05, 4.69) is 20.7 Å². The summed E-state index contributed by atoms with van der Waals surface area (Å²) in [5.41, 5.74) is 0. The molecule has 0 aliphatic rings. The van der Waals surface area contributed by atoms with Crippen molar-refractivity contribution < 1.29 is 24.2 Å². The summed E-state index contributed by atoms with van der Waals surface area (Å²) in [4.78, 5) is 30.1. The third kappa shape index (κ3) is 3.00. The van der Waals surface area contributed by atoms with Crippen molar-refractivity contribution in [1.82, 2.24) is 0 Å². The van der Waals surface area contributed by atoms with Crippen LogP contribution in [0.25, 0.3) is 0 Å². The van der Waals surface area contributed by atoms with Gasteiger partial charge in [-0.15, -0.1) is 0 Å². The van der Waals surface area contributed by atoms with Gasteiger partial charge in [0.2, 0.25) is 0 Å². The van der Waals surface area contributed by atoms with Gasteiger partial charge in [0.05, 0.1) is 6.61 Å². The van der Waals surface area contributed by atoms with E-state index in [0.717, 1.165) is 0 Å². The third-order valence-electron chi connectivity index (χ3n) is 0.924. The van der Waals surface area contributed by atoms with Crippen LogP contribution in [0.1, 0.15) is 6.92 Å². The molecule has 0 aliphatic carbocycles. The van der Waals surface area contributed by atoms with E-state index in [9.17, 15) is 14.4 Å². The lowest BCUT2D eigenvalue weighted by molar-refractivity contribution is -0.155. The number of carboxylic acid groups (broad SMARTS) is 1. The zero-order chi connectivity index (χ0) is 9.72. The normalized spacial score (nSPS) is 11.8. The van der Waals surface area contributed by atoms with Gasteiger partial charge in [-0.2, -0.15) is 0 Å². The lowest BCUT2D eigenvalue weighted by atomic mass is 10.3. The molecule has 0 bridgehead atoms. The second-order valence-corrected chi connectivity index (χ2v) is 2.70. The van der Waals surface area contributed by atoms with Crippen LogP contribution in [0.15, 0.2) is 0 Å². The molecule has 0 saturated carbocycles. The quantitative estimate of drug-likeness (QED) is 0.322. The van der Waals surface area contributed by atoms with Gasteiger partial charge in [0.15, 0.2) is 4.83 Å². The van der Waals surface area contributed by atoms with E-state index in [1.165, 1.54) is 6.92 Å². The Morgan fingerprint density at radius 2 is 2.00 bits per heavy atom. The van der Waals surface area contributed by atoms with Gasteiger partial charge in [-0.25, -0.2) is 4.79 Å². The summed E-state index contributed by atoms with van der Waals surface area (Å²) in [5.74, 6) is -3.65. The standard InChI is InChI=1S/C6H7BrO5/c1-2-12-6(11)4(8)3(7)5(9)10/h3H,2H2,1H3,(H,9,10). The molecule has 0 aromatic carbocycles. The van der Waals surface area contributed by atoms with Crippen LogP contribution in [0.4, 0.5) is 0 Å². The van der Waals surface area contributed by atoms with E-state index in [-0.39, 0.29) is 6.61 Å². The molecule has 0 spiro atoms. The minimum Gasteiger partial charge on any atom is -0.480 e. The molecule has 0 saturated heterocycles. The number of hydrogen-bond donors (Lipinski definition) is 1. The smallest absolute Gasteiger partial charge is 0.376 e. The number of rotatable bonds is 4. The van der Waals surface area contributed by atoms with Gasteiger partial charge < -0.3 is 9.84 Å². The van der Waals surface area contributed by atoms with Crippen LogP contribution in [0.5, 0.6) is 0 Å². The Hall–Kier alpha value is -0.910. The van der Waals surface area contributed by atoms with Crippen molar-refractivity contribution in [3.05, 3.63) is 0 Å². The van der Waals surface area contributed by atoms with Gasteiger partial charge in [0, 0.05) is 0 Å². The minimum absolute atomic E-state index is 0.0455. The number of alkyl halides is 1. The fraction of sp³-hybridized carbons (Fsp3) is 0.500. The second kappa shape index (κ2) is 4.87. The maximum absolute atomic E-state index is 10.8. The number of ether oxygens (including phenoxy) is 1. The molecule has 0 aromatic rings. The predicted molar refractivity (Wildman–Crippen MR) is 42.0 cm³/mol. The highest BCUT2D eigenvalue weighted by molar-refractivity contribution is 9.10. The van der Waals surface area contributed by atoms with Crippen molar-refractivity contribution in [1.29, 1.82) is 0 Å². The molecule has 0 heterocycles. The van der Waals surface area contributed by atoms with E-state index in [0.29, 0.717) is 0 Å². The van der Waals surface area contributed by atoms with Crippen LogP contribution < -0.4 is 0 Å². The van der Waals surface area contributed by atoms with Crippen molar-refractivity contribution in [2.24, 2.45) is 0 Å². The van der Waals surface area contributed by atoms with Crippen LogP contribution in [0.3, 0.4) is 0 Å². The lowest BCUT2D eigenvalue weighted by Crippen LogP contribution is -2.31. The number of Topliss-reactive ketones (excluding diaryl/α,β-unsaturated/α-hetero) is 1. The van der Waals surface area contributed by atoms with Crippen molar-refractivity contribution in [3.8, 4) is 0 Å². The second-order valence-electron chi connectivity index (χ2n) is 1.79. The summed E-state index contributed by atoms with van der Waals surface area (Å²) in [7, 11) is 0. The fourth-order valence-electron chi connectivity index (χ4n) is 0.418. The number of esters is 1. The van der Waals surface area contributed by atoms with Gasteiger partial charge in [-0.3, -0.25) is 9.59 Å². The highest BCUT2D eigenvalue weighted by Gasteiger charge is 2.29. The van der Waals surface area contributed by atoms with Crippen molar-refractivity contribution >= 4 is 33.7 Å². The fourth-order valence-corrected chi connectivity index (χ4v) is 0.605. The average Bonchev–Trinajstić information content (AvgIpc) is 2.02. The first-order chi connectivity index (χ1) is 5.50. The maximum Gasteiger partial charge on any atom is 0.376 e.